The zero-order chi connectivity index (χ0) is 22.4. The lowest BCUT2D eigenvalue weighted by Gasteiger charge is -2.14. The zero-order valence-electron chi connectivity index (χ0n) is 19.2. The fourth-order valence-electron chi connectivity index (χ4n) is 3.83. The summed E-state index contributed by atoms with van der Waals surface area (Å²) in [7, 11) is 0. The average molecular weight is 403 g/mol. The van der Waals surface area contributed by atoms with E-state index in [1.807, 2.05) is 6.08 Å². The quantitative estimate of drug-likeness (QED) is 0.296. The van der Waals surface area contributed by atoms with Crippen LogP contribution in [0.15, 0.2) is 102 Å². The third-order valence-electron chi connectivity index (χ3n) is 5.66. The molecule has 0 unspecified atom stereocenters. The standard InChI is InChI=1S/C31H30/c1-7-8-9-13-23(4)25(6)20-30(22(2)3)27-15-12-16-28(21-27)31-24(5)18-19-26-14-10-11-17-29(26)31/h1,8-21H,2-6H3. The SMILES string of the molecule is C#CC=CC=C(C)C(C)=CC(=C(C)C)c1cccc(-c2c(C)ccc3ccccc23)c1. The molecule has 154 valence electrons. The van der Waals surface area contributed by atoms with Crippen molar-refractivity contribution in [3.05, 3.63) is 113 Å². The van der Waals surface area contributed by atoms with E-state index in [2.05, 4.69) is 113 Å². The molecule has 0 radical (unpaired) electrons. The first-order valence-electron chi connectivity index (χ1n) is 10.7. The van der Waals surface area contributed by atoms with Crippen molar-refractivity contribution >= 4 is 16.3 Å². The van der Waals surface area contributed by atoms with Gasteiger partial charge >= 0.3 is 0 Å². The van der Waals surface area contributed by atoms with Crippen LogP contribution >= 0.6 is 0 Å². The Labute approximate surface area is 187 Å². The van der Waals surface area contributed by atoms with E-state index in [4.69, 9.17) is 6.42 Å². The number of benzene rings is 3. The Kier molecular flexibility index (Phi) is 7.11. The van der Waals surface area contributed by atoms with E-state index in [0.29, 0.717) is 0 Å². The highest BCUT2D eigenvalue weighted by atomic mass is 14.1. The molecule has 0 aromatic heterocycles. The van der Waals surface area contributed by atoms with Crippen LogP contribution in [0.3, 0.4) is 0 Å². The predicted octanol–water partition coefficient (Wildman–Crippen LogP) is 8.69. The second-order valence-corrected chi connectivity index (χ2v) is 8.18. The minimum atomic E-state index is 1.20. The van der Waals surface area contributed by atoms with Crippen LogP contribution in [0.2, 0.25) is 0 Å². The monoisotopic (exact) mass is 402 g/mol. The molecule has 0 nitrogen and oxygen atoms in total. The Morgan fingerprint density at radius 3 is 2.39 bits per heavy atom. The van der Waals surface area contributed by atoms with Crippen LogP contribution in [0.1, 0.15) is 38.8 Å². The van der Waals surface area contributed by atoms with Gasteiger partial charge in [-0.1, -0.05) is 84.3 Å². The maximum absolute atomic E-state index is 5.31. The maximum atomic E-state index is 5.31. The van der Waals surface area contributed by atoms with Crippen molar-refractivity contribution in [1.29, 1.82) is 0 Å². The molecule has 0 aliphatic carbocycles. The fourth-order valence-corrected chi connectivity index (χ4v) is 3.83. The molecule has 3 rings (SSSR count). The van der Waals surface area contributed by atoms with E-state index in [1.54, 1.807) is 6.08 Å². The summed E-state index contributed by atoms with van der Waals surface area (Å²) < 4.78 is 0. The van der Waals surface area contributed by atoms with Gasteiger partial charge in [0.1, 0.15) is 0 Å². The minimum Gasteiger partial charge on any atom is -0.115 e. The van der Waals surface area contributed by atoms with Gasteiger partial charge in [-0.3, -0.25) is 0 Å². The second-order valence-electron chi connectivity index (χ2n) is 8.18. The maximum Gasteiger partial charge on any atom is -0.00759 e. The van der Waals surface area contributed by atoms with Crippen LogP contribution in [-0.2, 0) is 0 Å². The van der Waals surface area contributed by atoms with Crippen molar-refractivity contribution in [3.63, 3.8) is 0 Å². The van der Waals surface area contributed by atoms with E-state index in [0.717, 1.165) is 0 Å². The van der Waals surface area contributed by atoms with Crippen LogP contribution in [0.25, 0.3) is 27.5 Å². The van der Waals surface area contributed by atoms with Gasteiger partial charge in [0.15, 0.2) is 0 Å². The molecule has 0 fully saturated rings. The Hall–Kier alpha value is -3.56. The number of allylic oxidation sites excluding steroid dienone is 8. The number of rotatable bonds is 5. The lowest BCUT2D eigenvalue weighted by Crippen LogP contribution is -1.91. The lowest BCUT2D eigenvalue weighted by molar-refractivity contribution is 1.33. The zero-order valence-corrected chi connectivity index (χ0v) is 19.2. The van der Waals surface area contributed by atoms with Gasteiger partial charge in [-0.25, -0.2) is 0 Å². The Morgan fingerprint density at radius 2 is 1.65 bits per heavy atom. The molecule has 0 saturated carbocycles. The molecule has 3 aromatic carbocycles. The molecule has 0 aliphatic rings. The van der Waals surface area contributed by atoms with Crippen LogP contribution in [-0.4, -0.2) is 0 Å². The van der Waals surface area contributed by atoms with Crippen molar-refractivity contribution < 1.29 is 0 Å². The van der Waals surface area contributed by atoms with E-state index < -0.39 is 0 Å². The molecule has 0 heteroatoms. The van der Waals surface area contributed by atoms with E-state index in [1.165, 1.54) is 55.3 Å². The first-order chi connectivity index (χ1) is 14.9. The van der Waals surface area contributed by atoms with E-state index in [-0.39, 0.29) is 0 Å². The van der Waals surface area contributed by atoms with Crippen LogP contribution < -0.4 is 0 Å². The van der Waals surface area contributed by atoms with Gasteiger partial charge in [0.25, 0.3) is 0 Å². The van der Waals surface area contributed by atoms with Crippen molar-refractivity contribution in [2.45, 2.75) is 34.6 Å². The smallest absolute Gasteiger partial charge is 0.00759 e. The molecule has 0 atom stereocenters. The number of terminal acetylenes is 1. The molecule has 3 aromatic rings. The highest BCUT2D eigenvalue weighted by molar-refractivity contribution is 5.98. The highest BCUT2D eigenvalue weighted by Crippen LogP contribution is 2.34. The van der Waals surface area contributed by atoms with Crippen molar-refractivity contribution in [3.8, 4) is 23.5 Å². The van der Waals surface area contributed by atoms with Gasteiger partial charge in [-0.05, 0) is 96.5 Å². The van der Waals surface area contributed by atoms with Crippen LogP contribution in [0, 0.1) is 19.3 Å². The Morgan fingerprint density at radius 1 is 0.871 bits per heavy atom. The van der Waals surface area contributed by atoms with Gasteiger partial charge < -0.3 is 0 Å². The summed E-state index contributed by atoms with van der Waals surface area (Å²) in [6.07, 6.45) is 13.3. The summed E-state index contributed by atoms with van der Waals surface area (Å²) in [5.74, 6) is 2.53. The minimum absolute atomic E-state index is 1.20. The summed E-state index contributed by atoms with van der Waals surface area (Å²) in [6.45, 7) is 10.8. The van der Waals surface area contributed by atoms with Gasteiger partial charge in [0.05, 0.1) is 0 Å². The normalized spacial score (nSPS) is 12.3. The summed E-state index contributed by atoms with van der Waals surface area (Å²) >= 11 is 0. The summed E-state index contributed by atoms with van der Waals surface area (Å²) in [5, 5.41) is 2.57. The third kappa shape index (κ3) is 5.14. The lowest BCUT2D eigenvalue weighted by atomic mass is 9.90. The Bertz CT molecular complexity index is 1260. The van der Waals surface area contributed by atoms with Gasteiger partial charge in [0.2, 0.25) is 0 Å². The van der Waals surface area contributed by atoms with Crippen molar-refractivity contribution in [2.24, 2.45) is 0 Å². The van der Waals surface area contributed by atoms with E-state index in [9.17, 15) is 0 Å². The molecular formula is C31H30. The molecular weight excluding hydrogens is 372 g/mol. The number of fused-ring (bicyclic) bond motifs is 1. The van der Waals surface area contributed by atoms with Gasteiger partial charge in [0, 0.05) is 0 Å². The molecule has 0 spiro atoms. The molecule has 0 N–H and O–H groups in total. The highest BCUT2D eigenvalue weighted by Gasteiger charge is 2.10. The van der Waals surface area contributed by atoms with Crippen molar-refractivity contribution in [2.75, 3.05) is 0 Å². The molecule has 0 bridgehead atoms. The van der Waals surface area contributed by atoms with E-state index >= 15 is 0 Å². The topological polar surface area (TPSA) is 0 Å². The molecule has 0 heterocycles. The van der Waals surface area contributed by atoms with Crippen LogP contribution in [0.4, 0.5) is 0 Å². The average Bonchev–Trinajstić information content (AvgIpc) is 2.77. The first kappa shape index (κ1) is 22.1. The van der Waals surface area contributed by atoms with Crippen molar-refractivity contribution in [1.82, 2.24) is 0 Å². The summed E-state index contributed by atoms with van der Waals surface area (Å²) in [6, 6.07) is 21.9. The third-order valence-corrected chi connectivity index (χ3v) is 5.66. The van der Waals surface area contributed by atoms with Crippen LogP contribution in [0.5, 0.6) is 0 Å². The number of hydrogen-bond acceptors (Lipinski definition) is 0. The Balaban J connectivity index is 2.10. The molecule has 0 saturated heterocycles. The van der Waals surface area contributed by atoms with Gasteiger partial charge in [-0.15, -0.1) is 6.42 Å². The summed E-state index contributed by atoms with van der Waals surface area (Å²) in [4.78, 5) is 0. The molecule has 0 amide bonds. The molecule has 31 heavy (non-hydrogen) atoms. The van der Waals surface area contributed by atoms with Gasteiger partial charge in [-0.2, -0.15) is 0 Å². The predicted molar refractivity (Wildman–Crippen MR) is 138 cm³/mol. The summed E-state index contributed by atoms with van der Waals surface area (Å²) in [5.41, 5.74) is 10.1. The largest absolute Gasteiger partial charge is 0.115 e. The second kappa shape index (κ2) is 9.96. The number of hydrogen-bond donors (Lipinski definition) is 0. The number of aryl methyl sites for hydroxylation is 1. The fraction of sp³-hybridized carbons (Fsp3) is 0.161. The first-order valence-corrected chi connectivity index (χ1v) is 10.7. The molecule has 0 aliphatic heterocycles.